The van der Waals surface area contributed by atoms with Crippen molar-refractivity contribution in [3.63, 3.8) is 0 Å². The van der Waals surface area contributed by atoms with E-state index in [-0.39, 0.29) is 11.3 Å². The SMILES string of the molecule is CCNc1ccncc1C(=O)NCC1(C)CCN(C)CC1. The summed E-state index contributed by atoms with van der Waals surface area (Å²) in [6, 6.07) is 1.84. The molecule has 2 N–H and O–H groups in total. The van der Waals surface area contributed by atoms with Crippen molar-refractivity contribution in [2.75, 3.05) is 38.5 Å². The summed E-state index contributed by atoms with van der Waals surface area (Å²) in [5.41, 5.74) is 1.66. The van der Waals surface area contributed by atoms with E-state index in [0.29, 0.717) is 5.56 Å². The normalized spacial score (nSPS) is 18.2. The third kappa shape index (κ3) is 4.17. The molecule has 0 aromatic carbocycles. The molecule has 0 atom stereocenters. The minimum absolute atomic E-state index is 0.0424. The highest BCUT2D eigenvalue weighted by Crippen LogP contribution is 2.29. The first kappa shape index (κ1) is 15.8. The Kier molecular flexibility index (Phi) is 5.17. The van der Waals surface area contributed by atoms with Crippen molar-refractivity contribution < 1.29 is 4.79 Å². The molecule has 1 aromatic heterocycles. The monoisotopic (exact) mass is 290 g/mol. The van der Waals surface area contributed by atoms with Crippen molar-refractivity contribution in [3.05, 3.63) is 24.0 Å². The van der Waals surface area contributed by atoms with Crippen LogP contribution in [0.15, 0.2) is 18.5 Å². The Morgan fingerprint density at radius 3 is 2.81 bits per heavy atom. The first-order valence-electron chi connectivity index (χ1n) is 7.69. The van der Waals surface area contributed by atoms with Gasteiger partial charge in [0.2, 0.25) is 0 Å². The highest BCUT2D eigenvalue weighted by molar-refractivity contribution is 5.99. The highest BCUT2D eigenvalue weighted by atomic mass is 16.1. The van der Waals surface area contributed by atoms with Gasteiger partial charge >= 0.3 is 0 Å². The van der Waals surface area contributed by atoms with Crippen LogP contribution in [0.25, 0.3) is 0 Å². The second-order valence-corrected chi connectivity index (χ2v) is 6.25. The molecule has 1 amide bonds. The molecule has 1 fully saturated rings. The number of likely N-dealkylation sites (tertiary alicyclic amines) is 1. The molecule has 116 valence electrons. The van der Waals surface area contributed by atoms with E-state index in [4.69, 9.17) is 0 Å². The largest absolute Gasteiger partial charge is 0.385 e. The zero-order valence-electron chi connectivity index (χ0n) is 13.3. The second-order valence-electron chi connectivity index (χ2n) is 6.25. The number of carbonyl (C=O) groups is 1. The van der Waals surface area contributed by atoms with Crippen LogP contribution in [0.2, 0.25) is 0 Å². The molecule has 0 radical (unpaired) electrons. The predicted molar refractivity (Wildman–Crippen MR) is 85.6 cm³/mol. The van der Waals surface area contributed by atoms with Crippen molar-refractivity contribution in [1.29, 1.82) is 0 Å². The zero-order valence-corrected chi connectivity index (χ0v) is 13.3. The smallest absolute Gasteiger partial charge is 0.254 e. The summed E-state index contributed by atoms with van der Waals surface area (Å²) in [5, 5.41) is 6.29. The van der Waals surface area contributed by atoms with E-state index in [2.05, 4.69) is 34.5 Å². The van der Waals surface area contributed by atoms with E-state index in [1.165, 1.54) is 0 Å². The van der Waals surface area contributed by atoms with E-state index < -0.39 is 0 Å². The third-order valence-electron chi connectivity index (χ3n) is 4.30. The summed E-state index contributed by atoms with van der Waals surface area (Å²) < 4.78 is 0. The van der Waals surface area contributed by atoms with Gasteiger partial charge in [0.25, 0.3) is 5.91 Å². The Morgan fingerprint density at radius 1 is 1.43 bits per heavy atom. The molecule has 0 aliphatic carbocycles. The molecule has 2 heterocycles. The van der Waals surface area contributed by atoms with Gasteiger partial charge < -0.3 is 15.5 Å². The first-order chi connectivity index (χ1) is 10.0. The quantitative estimate of drug-likeness (QED) is 0.870. The van der Waals surface area contributed by atoms with E-state index in [9.17, 15) is 4.79 Å². The van der Waals surface area contributed by atoms with Crippen molar-refractivity contribution in [1.82, 2.24) is 15.2 Å². The molecule has 5 nitrogen and oxygen atoms in total. The van der Waals surface area contributed by atoms with Gasteiger partial charge in [-0.05, 0) is 51.4 Å². The number of hydrogen-bond acceptors (Lipinski definition) is 4. The fourth-order valence-corrected chi connectivity index (χ4v) is 2.64. The van der Waals surface area contributed by atoms with Crippen LogP contribution >= 0.6 is 0 Å². The zero-order chi connectivity index (χ0) is 15.3. The van der Waals surface area contributed by atoms with Gasteiger partial charge in [-0.1, -0.05) is 6.92 Å². The number of nitrogens with zero attached hydrogens (tertiary/aromatic N) is 2. The van der Waals surface area contributed by atoms with Crippen LogP contribution in [-0.2, 0) is 0 Å². The van der Waals surface area contributed by atoms with E-state index in [0.717, 1.165) is 44.7 Å². The maximum atomic E-state index is 12.4. The number of anilines is 1. The second kappa shape index (κ2) is 6.89. The lowest BCUT2D eigenvalue weighted by atomic mass is 9.80. The van der Waals surface area contributed by atoms with Gasteiger partial charge in [0, 0.05) is 25.5 Å². The Balaban J connectivity index is 1.96. The van der Waals surface area contributed by atoms with Crippen molar-refractivity contribution in [3.8, 4) is 0 Å². The molecule has 1 saturated heterocycles. The molecule has 2 rings (SSSR count). The number of hydrogen-bond donors (Lipinski definition) is 2. The fraction of sp³-hybridized carbons (Fsp3) is 0.625. The summed E-state index contributed by atoms with van der Waals surface area (Å²) in [4.78, 5) is 18.8. The lowest BCUT2D eigenvalue weighted by molar-refractivity contribution is 0.0892. The van der Waals surface area contributed by atoms with E-state index in [1.807, 2.05) is 13.0 Å². The van der Waals surface area contributed by atoms with Gasteiger partial charge in [-0.3, -0.25) is 9.78 Å². The van der Waals surface area contributed by atoms with Crippen LogP contribution < -0.4 is 10.6 Å². The number of piperidine rings is 1. The molecule has 0 spiro atoms. The van der Waals surface area contributed by atoms with Gasteiger partial charge in [-0.15, -0.1) is 0 Å². The standard InChI is InChI=1S/C16H26N4O/c1-4-18-14-5-8-17-11-13(14)15(21)19-12-16(2)6-9-20(3)10-7-16/h5,8,11H,4,6-7,9-10,12H2,1-3H3,(H,17,18)(H,19,21). The van der Waals surface area contributed by atoms with Crippen molar-refractivity contribution in [2.24, 2.45) is 5.41 Å². The number of pyridine rings is 1. The fourth-order valence-electron chi connectivity index (χ4n) is 2.64. The maximum absolute atomic E-state index is 12.4. The summed E-state index contributed by atoms with van der Waals surface area (Å²) in [6.45, 7) is 7.98. The highest BCUT2D eigenvalue weighted by Gasteiger charge is 2.29. The van der Waals surface area contributed by atoms with Gasteiger partial charge in [0.1, 0.15) is 0 Å². The van der Waals surface area contributed by atoms with Crippen LogP contribution in [0.3, 0.4) is 0 Å². The minimum atomic E-state index is -0.0424. The number of aromatic nitrogens is 1. The van der Waals surface area contributed by atoms with E-state index in [1.54, 1.807) is 12.4 Å². The van der Waals surface area contributed by atoms with Gasteiger partial charge in [0.15, 0.2) is 0 Å². The molecular formula is C16H26N4O. The number of carbonyl (C=O) groups excluding carboxylic acids is 1. The number of rotatable bonds is 5. The molecule has 0 unspecified atom stereocenters. The molecule has 5 heteroatoms. The predicted octanol–water partition coefficient (Wildman–Crippen LogP) is 1.98. The van der Waals surface area contributed by atoms with E-state index >= 15 is 0 Å². The van der Waals surface area contributed by atoms with Crippen LogP contribution in [0.5, 0.6) is 0 Å². The summed E-state index contributed by atoms with van der Waals surface area (Å²) >= 11 is 0. The molecule has 21 heavy (non-hydrogen) atoms. The summed E-state index contributed by atoms with van der Waals surface area (Å²) in [5.74, 6) is -0.0424. The van der Waals surface area contributed by atoms with Crippen molar-refractivity contribution >= 4 is 11.6 Å². The van der Waals surface area contributed by atoms with Gasteiger partial charge in [-0.25, -0.2) is 0 Å². The van der Waals surface area contributed by atoms with Crippen LogP contribution in [0.1, 0.15) is 37.0 Å². The van der Waals surface area contributed by atoms with Crippen LogP contribution in [0, 0.1) is 5.41 Å². The topological polar surface area (TPSA) is 57.3 Å². The molecule has 0 saturated carbocycles. The molecule has 1 aliphatic rings. The maximum Gasteiger partial charge on any atom is 0.254 e. The number of amides is 1. The molecule has 0 bridgehead atoms. The van der Waals surface area contributed by atoms with Crippen LogP contribution in [0.4, 0.5) is 5.69 Å². The Hall–Kier alpha value is -1.62. The minimum Gasteiger partial charge on any atom is -0.385 e. The molecule has 1 aliphatic heterocycles. The Morgan fingerprint density at radius 2 is 2.14 bits per heavy atom. The Labute approximate surface area is 127 Å². The van der Waals surface area contributed by atoms with Gasteiger partial charge in [-0.2, -0.15) is 0 Å². The Bertz CT molecular complexity index is 481. The van der Waals surface area contributed by atoms with Crippen molar-refractivity contribution in [2.45, 2.75) is 26.7 Å². The number of nitrogens with one attached hydrogen (secondary N) is 2. The summed E-state index contributed by atoms with van der Waals surface area (Å²) in [6.07, 6.45) is 5.57. The summed E-state index contributed by atoms with van der Waals surface area (Å²) in [7, 11) is 2.15. The first-order valence-corrected chi connectivity index (χ1v) is 7.69. The average Bonchev–Trinajstić information content (AvgIpc) is 2.49. The lowest BCUT2D eigenvalue weighted by Crippen LogP contribution is -2.43. The lowest BCUT2D eigenvalue weighted by Gasteiger charge is -2.38. The molecular weight excluding hydrogens is 264 g/mol. The third-order valence-corrected chi connectivity index (χ3v) is 4.30. The van der Waals surface area contributed by atoms with Crippen LogP contribution in [-0.4, -0.2) is 49.0 Å². The van der Waals surface area contributed by atoms with Gasteiger partial charge in [0.05, 0.1) is 11.3 Å². The molecule has 1 aromatic rings. The average molecular weight is 290 g/mol.